The van der Waals surface area contributed by atoms with E-state index in [2.05, 4.69) is 20.3 Å². The van der Waals surface area contributed by atoms with Crippen molar-refractivity contribution < 1.29 is 4.79 Å². The molecule has 3 aromatic rings. The SMILES string of the molecule is O=C(Cc1c[nH]c2ncccc12)NCc1cccnc1. The molecule has 0 unspecified atom stereocenters. The third-order valence-corrected chi connectivity index (χ3v) is 3.10. The third kappa shape index (κ3) is 2.66. The number of aromatic nitrogens is 3. The minimum Gasteiger partial charge on any atom is -0.352 e. The molecule has 0 saturated carbocycles. The highest BCUT2D eigenvalue weighted by molar-refractivity contribution is 5.86. The predicted molar refractivity (Wildman–Crippen MR) is 75.9 cm³/mol. The highest BCUT2D eigenvalue weighted by Crippen LogP contribution is 2.15. The van der Waals surface area contributed by atoms with Gasteiger partial charge in [0.05, 0.1) is 6.42 Å². The summed E-state index contributed by atoms with van der Waals surface area (Å²) in [5.41, 5.74) is 2.75. The Morgan fingerprint density at radius 1 is 1.25 bits per heavy atom. The minimum absolute atomic E-state index is 0.0152. The first-order chi connectivity index (χ1) is 9.83. The fraction of sp³-hybridized carbons (Fsp3) is 0.133. The van der Waals surface area contributed by atoms with Crippen molar-refractivity contribution >= 4 is 16.9 Å². The molecular formula is C15H14N4O. The quantitative estimate of drug-likeness (QED) is 0.756. The fourth-order valence-electron chi connectivity index (χ4n) is 2.10. The van der Waals surface area contributed by atoms with Crippen LogP contribution in [-0.4, -0.2) is 20.9 Å². The number of nitrogens with zero attached hydrogens (tertiary/aromatic N) is 2. The molecule has 0 aliphatic heterocycles. The van der Waals surface area contributed by atoms with Crippen LogP contribution in [0.5, 0.6) is 0 Å². The average Bonchev–Trinajstić information content (AvgIpc) is 2.90. The molecule has 0 aliphatic rings. The van der Waals surface area contributed by atoms with Gasteiger partial charge in [0.1, 0.15) is 5.65 Å². The van der Waals surface area contributed by atoms with Crippen LogP contribution in [0.2, 0.25) is 0 Å². The monoisotopic (exact) mass is 266 g/mol. The molecule has 5 heteroatoms. The Morgan fingerprint density at radius 2 is 2.15 bits per heavy atom. The van der Waals surface area contributed by atoms with Crippen molar-refractivity contribution in [3.8, 4) is 0 Å². The summed E-state index contributed by atoms with van der Waals surface area (Å²) >= 11 is 0. The molecule has 3 aromatic heterocycles. The Kier molecular flexibility index (Phi) is 3.41. The Morgan fingerprint density at radius 3 is 3.00 bits per heavy atom. The van der Waals surface area contributed by atoms with Crippen molar-refractivity contribution in [2.24, 2.45) is 0 Å². The number of aromatic amines is 1. The van der Waals surface area contributed by atoms with Crippen LogP contribution >= 0.6 is 0 Å². The summed E-state index contributed by atoms with van der Waals surface area (Å²) in [6.07, 6.45) is 7.36. The molecule has 0 atom stereocenters. The topological polar surface area (TPSA) is 70.7 Å². The van der Waals surface area contributed by atoms with Crippen molar-refractivity contribution in [1.82, 2.24) is 20.3 Å². The summed E-state index contributed by atoms with van der Waals surface area (Å²) in [6.45, 7) is 0.493. The normalized spacial score (nSPS) is 10.6. The number of rotatable bonds is 4. The Labute approximate surface area is 116 Å². The zero-order valence-corrected chi connectivity index (χ0v) is 10.8. The summed E-state index contributed by atoms with van der Waals surface area (Å²) in [7, 11) is 0. The van der Waals surface area contributed by atoms with Crippen molar-refractivity contribution in [3.63, 3.8) is 0 Å². The molecule has 2 N–H and O–H groups in total. The van der Waals surface area contributed by atoms with Gasteiger partial charge in [0.15, 0.2) is 0 Å². The lowest BCUT2D eigenvalue weighted by Gasteiger charge is -2.04. The van der Waals surface area contributed by atoms with E-state index in [4.69, 9.17) is 0 Å². The van der Waals surface area contributed by atoms with Gasteiger partial charge >= 0.3 is 0 Å². The number of carbonyl (C=O) groups excluding carboxylic acids is 1. The predicted octanol–water partition coefficient (Wildman–Crippen LogP) is 1.82. The van der Waals surface area contributed by atoms with Gasteiger partial charge in [0.25, 0.3) is 0 Å². The van der Waals surface area contributed by atoms with Crippen LogP contribution in [0.4, 0.5) is 0 Å². The van der Waals surface area contributed by atoms with E-state index in [9.17, 15) is 4.79 Å². The molecule has 3 rings (SSSR count). The molecule has 0 fully saturated rings. The van der Waals surface area contributed by atoms with Crippen molar-refractivity contribution in [2.75, 3.05) is 0 Å². The lowest BCUT2D eigenvalue weighted by Crippen LogP contribution is -2.24. The number of amides is 1. The maximum absolute atomic E-state index is 12.0. The van der Waals surface area contributed by atoms with Crippen LogP contribution in [0.3, 0.4) is 0 Å². The van der Waals surface area contributed by atoms with E-state index in [1.807, 2.05) is 30.5 Å². The maximum atomic E-state index is 12.0. The van der Waals surface area contributed by atoms with Gasteiger partial charge in [-0.1, -0.05) is 6.07 Å². The number of fused-ring (bicyclic) bond motifs is 1. The van der Waals surface area contributed by atoms with Crippen LogP contribution in [0, 0.1) is 0 Å². The number of hydrogen-bond acceptors (Lipinski definition) is 3. The van der Waals surface area contributed by atoms with Gasteiger partial charge in [-0.2, -0.15) is 0 Å². The third-order valence-electron chi connectivity index (χ3n) is 3.10. The fourth-order valence-corrected chi connectivity index (χ4v) is 2.10. The highest BCUT2D eigenvalue weighted by Gasteiger charge is 2.08. The lowest BCUT2D eigenvalue weighted by molar-refractivity contribution is -0.120. The summed E-state index contributed by atoms with van der Waals surface area (Å²) in [4.78, 5) is 23.2. The molecule has 0 saturated heterocycles. The van der Waals surface area contributed by atoms with Crippen LogP contribution in [-0.2, 0) is 17.8 Å². The van der Waals surface area contributed by atoms with E-state index in [1.54, 1.807) is 18.6 Å². The molecule has 20 heavy (non-hydrogen) atoms. The summed E-state index contributed by atoms with van der Waals surface area (Å²) in [5.74, 6) is -0.0152. The summed E-state index contributed by atoms with van der Waals surface area (Å²) in [5, 5.41) is 3.88. The van der Waals surface area contributed by atoms with Gasteiger partial charge in [0, 0.05) is 36.7 Å². The largest absolute Gasteiger partial charge is 0.352 e. The highest BCUT2D eigenvalue weighted by atomic mass is 16.1. The standard InChI is InChI=1S/C15H14N4O/c20-14(18-9-11-3-1-5-16-8-11)7-12-10-19-15-13(12)4-2-6-17-15/h1-6,8,10H,7,9H2,(H,17,19)(H,18,20). The summed E-state index contributed by atoms with van der Waals surface area (Å²) < 4.78 is 0. The lowest BCUT2D eigenvalue weighted by atomic mass is 10.1. The molecule has 0 spiro atoms. The van der Waals surface area contributed by atoms with E-state index in [0.717, 1.165) is 22.2 Å². The second kappa shape index (κ2) is 5.52. The number of nitrogens with one attached hydrogen (secondary N) is 2. The van der Waals surface area contributed by atoms with Gasteiger partial charge in [-0.25, -0.2) is 4.98 Å². The summed E-state index contributed by atoms with van der Waals surface area (Å²) in [6, 6.07) is 7.62. The maximum Gasteiger partial charge on any atom is 0.224 e. The average molecular weight is 266 g/mol. The van der Waals surface area contributed by atoms with Crippen LogP contribution in [0.25, 0.3) is 11.0 Å². The number of carbonyl (C=O) groups is 1. The van der Waals surface area contributed by atoms with Crippen LogP contribution in [0.15, 0.2) is 49.1 Å². The van der Waals surface area contributed by atoms with Crippen LogP contribution < -0.4 is 5.32 Å². The first kappa shape index (κ1) is 12.3. The molecule has 0 bridgehead atoms. The number of pyridine rings is 2. The van der Waals surface area contributed by atoms with Crippen LogP contribution in [0.1, 0.15) is 11.1 Å². The van der Waals surface area contributed by atoms with Gasteiger partial charge in [-0.05, 0) is 29.3 Å². The first-order valence-electron chi connectivity index (χ1n) is 6.39. The smallest absolute Gasteiger partial charge is 0.224 e. The Hall–Kier alpha value is -2.69. The second-order valence-electron chi connectivity index (χ2n) is 4.53. The van der Waals surface area contributed by atoms with Gasteiger partial charge in [-0.15, -0.1) is 0 Å². The zero-order chi connectivity index (χ0) is 13.8. The van der Waals surface area contributed by atoms with E-state index in [1.165, 1.54) is 0 Å². The molecule has 0 aromatic carbocycles. The van der Waals surface area contributed by atoms with Gasteiger partial charge < -0.3 is 10.3 Å². The molecule has 0 aliphatic carbocycles. The molecule has 1 amide bonds. The molecule has 100 valence electrons. The van der Waals surface area contributed by atoms with E-state index >= 15 is 0 Å². The molecule has 3 heterocycles. The molecule has 0 radical (unpaired) electrons. The molecule has 5 nitrogen and oxygen atoms in total. The Bertz CT molecular complexity index is 721. The Balaban J connectivity index is 1.64. The minimum atomic E-state index is -0.0152. The number of H-pyrrole nitrogens is 1. The van der Waals surface area contributed by atoms with E-state index in [0.29, 0.717) is 13.0 Å². The number of hydrogen-bond donors (Lipinski definition) is 2. The zero-order valence-electron chi connectivity index (χ0n) is 10.8. The van der Waals surface area contributed by atoms with Crippen molar-refractivity contribution in [1.29, 1.82) is 0 Å². The van der Waals surface area contributed by atoms with Gasteiger partial charge in [0.2, 0.25) is 5.91 Å². The van der Waals surface area contributed by atoms with Crippen molar-refractivity contribution in [3.05, 3.63) is 60.2 Å². The first-order valence-corrected chi connectivity index (χ1v) is 6.39. The molecular weight excluding hydrogens is 252 g/mol. The van der Waals surface area contributed by atoms with E-state index in [-0.39, 0.29) is 5.91 Å². The van der Waals surface area contributed by atoms with Gasteiger partial charge in [-0.3, -0.25) is 9.78 Å². The second-order valence-corrected chi connectivity index (χ2v) is 4.53. The van der Waals surface area contributed by atoms with Crippen molar-refractivity contribution in [2.45, 2.75) is 13.0 Å². The van der Waals surface area contributed by atoms with E-state index < -0.39 is 0 Å².